The summed E-state index contributed by atoms with van der Waals surface area (Å²) in [6.45, 7) is 2.32. The molecule has 1 amide bonds. The van der Waals surface area contributed by atoms with Gasteiger partial charge in [-0.05, 0) is 60.9 Å². The van der Waals surface area contributed by atoms with Crippen molar-refractivity contribution in [1.29, 1.82) is 0 Å². The minimum Gasteiger partial charge on any atom is -0.355 e. The van der Waals surface area contributed by atoms with Gasteiger partial charge in [0, 0.05) is 11.6 Å². The predicted octanol–water partition coefficient (Wildman–Crippen LogP) is 4.94. The number of hydrogen-bond acceptors (Lipinski definition) is 4. The van der Waals surface area contributed by atoms with Gasteiger partial charge in [0.1, 0.15) is 5.82 Å². The van der Waals surface area contributed by atoms with Gasteiger partial charge in [0.25, 0.3) is 5.56 Å². The Labute approximate surface area is 199 Å². The van der Waals surface area contributed by atoms with Gasteiger partial charge in [0.15, 0.2) is 5.16 Å². The molecule has 0 unspecified atom stereocenters. The maximum Gasteiger partial charge on any atom is 0.266 e. The van der Waals surface area contributed by atoms with E-state index in [1.807, 2.05) is 25.1 Å². The van der Waals surface area contributed by atoms with Crippen LogP contribution in [0.2, 0.25) is 5.02 Å². The molecule has 0 atom stereocenters. The lowest BCUT2D eigenvalue weighted by molar-refractivity contribution is -0.118. The molecule has 1 heterocycles. The number of carbonyl (C=O) groups is 1. The molecular weight excluding hydrogens is 461 g/mol. The topological polar surface area (TPSA) is 64.0 Å². The Morgan fingerprint density at radius 3 is 2.64 bits per heavy atom. The van der Waals surface area contributed by atoms with E-state index in [9.17, 15) is 14.0 Å². The molecule has 1 N–H and O–H groups in total. The van der Waals surface area contributed by atoms with Gasteiger partial charge in [-0.25, -0.2) is 9.37 Å². The molecule has 1 aromatic heterocycles. The molecule has 33 heavy (non-hydrogen) atoms. The van der Waals surface area contributed by atoms with Crippen LogP contribution in [0.1, 0.15) is 11.1 Å². The highest BCUT2D eigenvalue weighted by atomic mass is 35.5. The molecule has 0 fully saturated rings. The lowest BCUT2D eigenvalue weighted by Gasteiger charge is -2.14. The second kappa shape index (κ2) is 10.2. The standard InChI is InChI=1S/C25H21ClFN3O2S/c1-16-6-11-19(14-21(16)26)30-24(32)20-4-2-3-5-22(20)29-25(30)33-15-23(31)28-13-12-17-7-9-18(27)10-8-17/h2-11,14H,12-13,15H2,1H3,(H,28,31). The smallest absolute Gasteiger partial charge is 0.266 e. The highest BCUT2D eigenvalue weighted by Gasteiger charge is 2.15. The fourth-order valence-corrected chi connectivity index (χ4v) is 4.35. The third kappa shape index (κ3) is 5.43. The van der Waals surface area contributed by atoms with Crippen molar-refractivity contribution in [3.05, 3.63) is 99.1 Å². The Hall–Kier alpha value is -3.16. The molecule has 0 radical (unpaired) electrons. The molecule has 5 nitrogen and oxygen atoms in total. The Bertz CT molecular complexity index is 1370. The molecule has 0 bridgehead atoms. The van der Waals surface area contributed by atoms with E-state index in [2.05, 4.69) is 10.3 Å². The number of para-hydroxylation sites is 1. The van der Waals surface area contributed by atoms with Gasteiger partial charge < -0.3 is 5.32 Å². The number of fused-ring (bicyclic) bond motifs is 1. The van der Waals surface area contributed by atoms with E-state index in [1.54, 1.807) is 36.4 Å². The van der Waals surface area contributed by atoms with Gasteiger partial charge in [-0.2, -0.15) is 0 Å². The molecule has 3 aromatic carbocycles. The van der Waals surface area contributed by atoms with Gasteiger partial charge in [0.2, 0.25) is 5.91 Å². The first-order valence-corrected chi connectivity index (χ1v) is 11.7. The number of aromatic nitrogens is 2. The number of thioether (sulfide) groups is 1. The fraction of sp³-hybridized carbons (Fsp3) is 0.160. The van der Waals surface area contributed by atoms with Crippen LogP contribution < -0.4 is 10.9 Å². The monoisotopic (exact) mass is 481 g/mol. The Morgan fingerprint density at radius 2 is 1.88 bits per heavy atom. The van der Waals surface area contributed by atoms with Crippen molar-refractivity contribution in [3.8, 4) is 5.69 Å². The Balaban J connectivity index is 1.53. The zero-order valence-corrected chi connectivity index (χ0v) is 19.4. The summed E-state index contributed by atoms with van der Waals surface area (Å²) in [4.78, 5) is 30.4. The summed E-state index contributed by atoms with van der Waals surface area (Å²) < 4.78 is 14.5. The largest absolute Gasteiger partial charge is 0.355 e. The van der Waals surface area contributed by atoms with Crippen LogP contribution in [-0.2, 0) is 11.2 Å². The summed E-state index contributed by atoms with van der Waals surface area (Å²) in [6, 6.07) is 18.7. The second-order valence-electron chi connectivity index (χ2n) is 7.50. The highest BCUT2D eigenvalue weighted by Crippen LogP contribution is 2.24. The second-order valence-corrected chi connectivity index (χ2v) is 8.85. The van der Waals surface area contributed by atoms with E-state index >= 15 is 0 Å². The average molecular weight is 482 g/mol. The average Bonchev–Trinajstić information content (AvgIpc) is 2.81. The summed E-state index contributed by atoms with van der Waals surface area (Å²) in [6.07, 6.45) is 0.595. The quantitative estimate of drug-likeness (QED) is 0.300. The molecule has 8 heteroatoms. The van der Waals surface area contributed by atoms with Gasteiger partial charge in [0.05, 0.1) is 22.3 Å². The molecule has 0 aliphatic carbocycles. The van der Waals surface area contributed by atoms with Crippen molar-refractivity contribution in [2.24, 2.45) is 0 Å². The molecule has 4 rings (SSSR count). The normalized spacial score (nSPS) is 11.0. The van der Waals surface area contributed by atoms with E-state index in [-0.39, 0.29) is 23.0 Å². The summed E-state index contributed by atoms with van der Waals surface area (Å²) in [5.74, 6) is -0.380. The first kappa shape index (κ1) is 23.0. The predicted molar refractivity (Wildman–Crippen MR) is 131 cm³/mol. The van der Waals surface area contributed by atoms with Crippen molar-refractivity contribution in [1.82, 2.24) is 14.9 Å². The van der Waals surface area contributed by atoms with Gasteiger partial charge in [-0.15, -0.1) is 0 Å². The number of nitrogens with one attached hydrogen (secondary N) is 1. The number of hydrogen-bond donors (Lipinski definition) is 1. The van der Waals surface area contributed by atoms with E-state index in [0.29, 0.717) is 39.7 Å². The number of aryl methyl sites for hydroxylation is 1. The van der Waals surface area contributed by atoms with E-state index < -0.39 is 0 Å². The number of amides is 1. The summed E-state index contributed by atoms with van der Waals surface area (Å²) in [7, 11) is 0. The SMILES string of the molecule is Cc1ccc(-n2c(SCC(=O)NCCc3ccc(F)cc3)nc3ccccc3c2=O)cc1Cl. The van der Waals surface area contributed by atoms with Crippen LogP contribution in [0.3, 0.4) is 0 Å². The van der Waals surface area contributed by atoms with Crippen molar-refractivity contribution in [2.75, 3.05) is 12.3 Å². The lowest BCUT2D eigenvalue weighted by atomic mass is 10.1. The van der Waals surface area contributed by atoms with Crippen molar-refractivity contribution in [3.63, 3.8) is 0 Å². The minimum absolute atomic E-state index is 0.0911. The van der Waals surface area contributed by atoms with Crippen molar-refractivity contribution in [2.45, 2.75) is 18.5 Å². The first-order chi connectivity index (χ1) is 15.9. The maximum atomic E-state index is 13.3. The fourth-order valence-electron chi connectivity index (χ4n) is 3.34. The van der Waals surface area contributed by atoms with Gasteiger partial charge in [-0.1, -0.05) is 53.7 Å². The summed E-state index contributed by atoms with van der Waals surface area (Å²) >= 11 is 7.49. The van der Waals surface area contributed by atoms with Crippen molar-refractivity contribution >= 4 is 40.2 Å². The molecule has 0 aliphatic heterocycles. The van der Waals surface area contributed by atoms with Crippen LogP contribution in [0.4, 0.5) is 4.39 Å². The lowest BCUT2D eigenvalue weighted by Crippen LogP contribution is -2.28. The number of carbonyl (C=O) groups excluding carboxylic acids is 1. The minimum atomic E-state index is -0.289. The van der Waals surface area contributed by atoms with Crippen LogP contribution in [0.25, 0.3) is 16.6 Å². The molecule has 0 saturated heterocycles. The number of benzene rings is 3. The third-order valence-corrected chi connectivity index (χ3v) is 6.49. The number of nitrogens with zero attached hydrogens (tertiary/aromatic N) is 2. The maximum absolute atomic E-state index is 13.3. The number of halogens is 2. The van der Waals surface area contributed by atoms with Crippen LogP contribution in [0, 0.1) is 12.7 Å². The zero-order chi connectivity index (χ0) is 23.4. The van der Waals surface area contributed by atoms with Crippen LogP contribution in [0.15, 0.2) is 76.7 Å². The van der Waals surface area contributed by atoms with Crippen molar-refractivity contribution < 1.29 is 9.18 Å². The first-order valence-electron chi connectivity index (χ1n) is 10.3. The third-order valence-electron chi connectivity index (χ3n) is 5.14. The zero-order valence-electron chi connectivity index (χ0n) is 17.8. The van der Waals surface area contributed by atoms with E-state index in [4.69, 9.17) is 11.6 Å². The molecule has 4 aromatic rings. The van der Waals surface area contributed by atoms with Crippen LogP contribution in [-0.4, -0.2) is 27.8 Å². The molecule has 168 valence electrons. The van der Waals surface area contributed by atoms with Gasteiger partial charge in [-0.3, -0.25) is 14.2 Å². The number of rotatable bonds is 7. The Morgan fingerprint density at radius 1 is 1.12 bits per heavy atom. The molecule has 0 saturated carbocycles. The molecular formula is C25H21ClFN3O2S. The highest BCUT2D eigenvalue weighted by molar-refractivity contribution is 7.99. The Kier molecular flexibility index (Phi) is 7.11. The summed E-state index contributed by atoms with van der Waals surface area (Å²) in [5.41, 5.74) is 2.77. The molecule has 0 aliphatic rings. The summed E-state index contributed by atoms with van der Waals surface area (Å²) in [5, 5.41) is 4.30. The van der Waals surface area contributed by atoms with Crippen LogP contribution in [0.5, 0.6) is 0 Å². The van der Waals surface area contributed by atoms with Crippen LogP contribution >= 0.6 is 23.4 Å². The van der Waals surface area contributed by atoms with Gasteiger partial charge >= 0.3 is 0 Å². The van der Waals surface area contributed by atoms with E-state index in [1.165, 1.54) is 28.5 Å². The molecule has 0 spiro atoms. The van der Waals surface area contributed by atoms with E-state index in [0.717, 1.165) is 11.1 Å².